The first-order valence-corrected chi connectivity index (χ1v) is 8.43. The van der Waals surface area contributed by atoms with E-state index in [1.54, 1.807) is 0 Å². The average molecular weight is 291 g/mol. The van der Waals surface area contributed by atoms with Crippen molar-refractivity contribution in [3.63, 3.8) is 0 Å². The lowest BCUT2D eigenvalue weighted by Crippen LogP contribution is -2.21. The minimum atomic E-state index is -0.0239. The molecule has 1 aliphatic carbocycles. The Kier molecular flexibility index (Phi) is 6.12. The number of nitrogens with zero attached hydrogens (tertiary/aromatic N) is 2. The van der Waals surface area contributed by atoms with Gasteiger partial charge < -0.3 is 10.1 Å². The second-order valence-electron chi connectivity index (χ2n) is 5.74. The average Bonchev–Trinajstić information content (AvgIpc) is 3.31. The molecule has 1 aromatic heterocycles. The molecule has 1 aliphatic rings. The van der Waals surface area contributed by atoms with E-state index in [0.717, 1.165) is 37.7 Å². The van der Waals surface area contributed by atoms with Crippen LogP contribution in [0.3, 0.4) is 0 Å². The summed E-state index contributed by atoms with van der Waals surface area (Å²) in [6.07, 6.45) is 5.60. The van der Waals surface area contributed by atoms with Crippen LogP contribution in [0.2, 0.25) is 0 Å². The van der Waals surface area contributed by atoms with Crippen molar-refractivity contribution in [3.05, 3.63) is 22.8 Å². The van der Waals surface area contributed by atoms with Crippen molar-refractivity contribution < 1.29 is 4.74 Å². The molecule has 0 bridgehead atoms. The highest BCUT2D eigenvalue weighted by Gasteiger charge is 2.21. The predicted octanol–water partition coefficient (Wildman–Crippen LogP) is 2.99. The lowest BCUT2D eigenvalue weighted by Gasteiger charge is -2.17. The summed E-state index contributed by atoms with van der Waals surface area (Å²) in [6.45, 7) is 10.1. The Morgan fingerprint density at radius 2 is 1.76 bits per heavy atom. The molecule has 4 nitrogen and oxygen atoms in total. The molecular weight excluding hydrogens is 262 g/mol. The van der Waals surface area contributed by atoms with Gasteiger partial charge in [0.15, 0.2) is 5.82 Å². The molecule has 1 heterocycles. The molecule has 1 fully saturated rings. The van der Waals surface area contributed by atoms with E-state index in [-0.39, 0.29) is 6.10 Å². The van der Waals surface area contributed by atoms with Gasteiger partial charge in [0.25, 0.3) is 0 Å². The fourth-order valence-corrected chi connectivity index (χ4v) is 2.67. The number of ether oxygens (including phenoxy) is 1. The zero-order valence-corrected chi connectivity index (χ0v) is 13.9. The van der Waals surface area contributed by atoms with Gasteiger partial charge in [-0.1, -0.05) is 13.8 Å². The summed E-state index contributed by atoms with van der Waals surface area (Å²) in [5, 5.41) is 3.59. The van der Waals surface area contributed by atoms with E-state index >= 15 is 0 Å². The first kappa shape index (κ1) is 16.4. The van der Waals surface area contributed by atoms with Gasteiger partial charge in [-0.3, -0.25) is 0 Å². The third-order valence-corrected chi connectivity index (χ3v) is 4.03. The lowest BCUT2D eigenvalue weighted by molar-refractivity contribution is 0.0697. The van der Waals surface area contributed by atoms with Gasteiger partial charge >= 0.3 is 0 Å². The molecule has 118 valence electrons. The van der Waals surface area contributed by atoms with Gasteiger partial charge in [0.1, 0.15) is 6.10 Å². The van der Waals surface area contributed by atoms with Crippen LogP contribution in [0.15, 0.2) is 0 Å². The van der Waals surface area contributed by atoms with Crippen LogP contribution in [0, 0.1) is 0 Å². The van der Waals surface area contributed by atoms with Gasteiger partial charge in [-0.25, -0.2) is 9.97 Å². The van der Waals surface area contributed by atoms with Crippen molar-refractivity contribution in [3.8, 4) is 0 Å². The molecule has 0 aliphatic heterocycles. The van der Waals surface area contributed by atoms with Crippen molar-refractivity contribution >= 4 is 0 Å². The highest BCUT2D eigenvalue weighted by molar-refractivity contribution is 5.27. The molecule has 21 heavy (non-hydrogen) atoms. The standard InChI is InChI=1S/C17H29N3O/c1-5-15-14(10-11-18-13-8-9-13)16(6-2)20-17(19-15)12(4)21-7-3/h12-13,18H,5-11H2,1-4H3. The molecule has 0 saturated heterocycles. The lowest BCUT2D eigenvalue weighted by atomic mass is 10.0. The van der Waals surface area contributed by atoms with Gasteiger partial charge in [-0.05, 0) is 58.1 Å². The molecule has 1 N–H and O–H groups in total. The summed E-state index contributed by atoms with van der Waals surface area (Å²) in [5.41, 5.74) is 3.74. The van der Waals surface area contributed by atoms with Crippen LogP contribution in [0.1, 0.15) is 69.4 Å². The Morgan fingerprint density at radius 3 is 2.24 bits per heavy atom. The summed E-state index contributed by atoms with van der Waals surface area (Å²) in [7, 11) is 0. The van der Waals surface area contributed by atoms with Gasteiger partial charge in [0.2, 0.25) is 0 Å². The second-order valence-corrected chi connectivity index (χ2v) is 5.74. The fraction of sp³-hybridized carbons (Fsp3) is 0.765. The normalized spacial score (nSPS) is 16.2. The van der Waals surface area contributed by atoms with E-state index in [0.29, 0.717) is 6.61 Å². The van der Waals surface area contributed by atoms with Gasteiger partial charge in [0.05, 0.1) is 0 Å². The molecule has 1 unspecified atom stereocenters. The first-order chi connectivity index (χ1) is 10.2. The fourth-order valence-electron chi connectivity index (χ4n) is 2.67. The Balaban J connectivity index is 2.16. The summed E-state index contributed by atoms with van der Waals surface area (Å²) >= 11 is 0. The van der Waals surface area contributed by atoms with Crippen molar-refractivity contribution in [2.75, 3.05) is 13.2 Å². The van der Waals surface area contributed by atoms with Gasteiger partial charge in [0, 0.05) is 24.0 Å². The minimum absolute atomic E-state index is 0.0239. The molecule has 1 aromatic rings. The molecule has 0 radical (unpaired) electrons. The van der Waals surface area contributed by atoms with Crippen LogP contribution in [-0.2, 0) is 24.0 Å². The summed E-state index contributed by atoms with van der Waals surface area (Å²) in [6, 6.07) is 0.762. The van der Waals surface area contributed by atoms with Crippen LogP contribution in [0.25, 0.3) is 0 Å². The van der Waals surface area contributed by atoms with Crippen LogP contribution < -0.4 is 5.32 Å². The third-order valence-electron chi connectivity index (χ3n) is 4.03. The Labute approximate surface area is 128 Å². The van der Waals surface area contributed by atoms with Gasteiger partial charge in [-0.15, -0.1) is 0 Å². The number of aromatic nitrogens is 2. The summed E-state index contributed by atoms with van der Waals surface area (Å²) in [5.74, 6) is 0.837. The molecule has 4 heteroatoms. The van der Waals surface area contributed by atoms with E-state index in [9.17, 15) is 0 Å². The molecule has 0 spiro atoms. The highest BCUT2D eigenvalue weighted by Crippen LogP contribution is 2.21. The summed E-state index contributed by atoms with van der Waals surface area (Å²) in [4.78, 5) is 9.54. The first-order valence-electron chi connectivity index (χ1n) is 8.43. The largest absolute Gasteiger partial charge is 0.371 e. The number of hydrogen-bond acceptors (Lipinski definition) is 4. The van der Waals surface area contributed by atoms with E-state index in [1.165, 1.54) is 29.8 Å². The second kappa shape index (κ2) is 7.85. The van der Waals surface area contributed by atoms with Crippen molar-refractivity contribution in [2.45, 2.75) is 71.9 Å². The van der Waals surface area contributed by atoms with E-state index in [4.69, 9.17) is 14.7 Å². The zero-order valence-electron chi connectivity index (χ0n) is 13.9. The predicted molar refractivity (Wildman–Crippen MR) is 85.6 cm³/mol. The smallest absolute Gasteiger partial charge is 0.157 e. The van der Waals surface area contributed by atoms with E-state index in [2.05, 4.69) is 19.2 Å². The quantitative estimate of drug-likeness (QED) is 0.760. The Bertz CT molecular complexity index is 432. The number of hydrogen-bond donors (Lipinski definition) is 1. The maximum absolute atomic E-state index is 5.65. The maximum atomic E-state index is 5.65. The Morgan fingerprint density at radius 1 is 1.14 bits per heavy atom. The highest BCUT2D eigenvalue weighted by atomic mass is 16.5. The minimum Gasteiger partial charge on any atom is -0.371 e. The SMILES string of the molecule is CCOC(C)c1nc(CC)c(CCNC2CC2)c(CC)n1. The topological polar surface area (TPSA) is 47.0 Å². The molecular formula is C17H29N3O. The molecule has 2 rings (SSSR count). The number of nitrogens with one attached hydrogen (secondary N) is 1. The number of aryl methyl sites for hydroxylation is 2. The van der Waals surface area contributed by atoms with Crippen molar-refractivity contribution in [2.24, 2.45) is 0 Å². The van der Waals surface area contributed by atoms with Crippen LogP contribution >= 0.6 is 0 Å². The van der Waals surface area contributed by atoms with Gasteiger partial charge in [-0.2, -0.15) is 0 Å². The molecule has 1 saturated carbocycles. The van der Waals surface area contributed by atoms with E-state index < -0.39 is 0 Å². The third kappa shape index (κ3) is 4.48. The number of rotatable bonds is 9. The van der Waals surface area contributed by atoms with Crippen LogP contribution in [0.4, 0.5) is 0 Å². The summed E-state index contributed by atoms with van der Waals surface area (Å²) < 4.78 is 5.65. The maximum Gasteiger partial charge on any atom is 0.157 e. The van der Waals surface area contributed by atoms with Crippen molar-refractivity contribution in [1.29, 1.82) is 0 Å². The molecule has 1 atom stereocenters. The Hall–Kier alpha value is -1.00. The monoisotopic (exact) mass is 291 g/mol. The molecule has 0 aromatic carbocycles. The van der Waals surface area contributed by atoms with Crippen LogP contribution in [0.5, 0.6) is 0 Å². The zero-order chi connectivity index (χ0) is 15.2. The van der Waals surface area contributed by atoms with Crippen LogP contribution in [-0.4, -0.2) is 29.2 Å². The molecule has 0 amide bonds. The van der Waals surface area contributed by atoms with Crippen molar-refractivity contribution in [1.82, 2.24) is 15.3 Å². The van der Waals surface area contributed by atoms with E-state index in [1.807, 2.05) is 13.8 Å².